The van der Waals surface area contributed by atoms with Gasteiger partial charge in [0.05, 0.1) is 5.52 Å². The molecule has 2 bridgehead atoms. The lowest BCUT2D eigenvalue weighted by molar-refractivity contribution is -0.122. The highest BCUT2D eigenvalue weighted by molar-refractivity contribution is 7.14. The first-order valence-corrected chi connectivity index (χ1v) is 10.4. The summed E-state index contributed by atoms with van der Waals surface area (Å²) in [6, 6.07) is 6.42. The summed E-state index contributed by atoms with van der Waals surface area (Å²) in [7, 11) is 0. The van der Waals surface area contributed by atoms with Crippen molar-refractivity contribution in [3.05, 3.63) is 35.0 Å². The first kappa shape index (κ1) is 19.5. The van der Waals surface area contributed by atoms with Gasteiger partial charge in [0.1, 0.15) is 5.01 Å². The molecule has 3 aromatic rings. The van der Waals surface area contributed by atoms with Gasteiger partial charge in [-0.05, 0) is 31.9 Å². The van der Waals surface area contributed by atoms with Gasteiger partial charge >= 0.3 is 0 Å². The number of fused-ring (bicyclic) bond motifs is 5. The van der Waals surface area contributed by atoms with Crippen LogP contribution in [0.2, 0.25) is 0 Å². The van der Waals surface area contributed by atoms with Crippen LogP contribution in [0.1, 0.15) is 28.2 Å². The third kappa shape index (κ3) is 3.88. The maximum atomic E-state index is 13.2. The maximum absolute atomic E-state index is 13.2. The Hall–Kier alpha value is -2.78. The molecule has 2 N–H and O–H groups in total. The lowest BCUT2D eigenvalue weighted by Crippen LogP contribution is -2.41. The molecule has 0 unspecified atom stereocenters. The largest absolute Gasteiger partial charge is 0.483 e. The van der Waals surface area contributed by atoms with Crippen LogP contribution < -0.4 is 0 Å². The minimum Gasteiger partial charge on any atom is -0.483 e. The Bertz CT molecular complexity index is 1020. The summed E-state index contributed by atoms with van der Waals surface area (Å²) in [6.45, 7) is 5.78. The van der Waals surface area contributed by atoms with Gasteiger partial charge in [0.15, 0.2) is 5.69 Å². The third-order valence-electron chi connectivity index (χ3n) is 5.55. The molecule has 3 aliphatic heterocycles. The first-order valence-electron chi connectivity index (χ1n) is 9.63. The van der Waals surface area contributed by atoms with Crippen LogP contribution in [0.15, 0.2) is 24.4 Å². The highest BCUT2D eigenvalue weighted by Crippen LogP contribution is 2.29. The molecular weight excluding hydrogens is 390 g/mol. The van der Waals surface area contributed by atoms with E-state index in [4.69, 9.17) is 9.90 Å². The predicted octanol–water partition coefficient (Wildman–Crippen LogP) is 2.62. The van der Waals surface area contributed by atoms with Crippen molar-refractivity contribution in [1.29, 1.82) is 0 Å². The number of amides is 1. The zero-order valence-corrected chi connectivity index (χ0v) is 17.0. The number of aromatic nitrogens is 3. The van der Waals surface area contributed by atoms with Gasteiger partial charge in [-0.1, -0.05) is 6.07 Å². The summed E-state index contributed by atoms with van der Waals surface area (Å²) in [6.07, 6.45) is 4.03. The summed E-state index contributed by atoms with van der Waals surface area (Å²) in [4.78, 5) is 31.7. The van der Waals surface area contributed by atoms with E-state index in [-0.39, 0.29) is 12.4 Å². The molecule has 5 heterocycles. The normalized spacial score (nSPS) is 20.8. The van der Waals surface area contributed by atoms with Gasteiger partial charge in [-0.25, -0.2) is 4.98 Å². The zero-order chi connectivity index (χ0) is 20.4. The number of thiazole rings is 1. The van der Waals surface area contributed by atoms with E-state index in [1.165, 1.54) is 4.88 Å². The van der Waals surface area contributed by atoms with Crippen LogP contribution in [0.25, 0.3) is 21.5 Å². The fourth-order valence-corrected chi connectivity index (χ4v) is 4.85. The van der Waals surface area contributed by atoms with E-state index in [0.29, 0.717) is 11.7 Å². The first-order chi connectivity index (χ1) is 14.1. The van der Waals surface area contributed by atoms with Gasteiger partial charge in [0, 0.05) is 54.2 Å². The fourth-order valence-electron chi connectivity index (χ4n) is 4.09. The van der Waals surface area contributed by atoms with Gasteiger partial charge in [-0.15, -0.1) is 11.3 Å². The Kier molecular flexibility index (Phi) is 5.59. The fraction of sp³-hybridized carbons (Fsp3) is 0.400. The number of benzene rings is 1. The number of carbonyl (C=O) groups is 2. The average Bonchev–Trinajstić information content (AvgIpc) is 3.23. The Balaban J connectivity index is 0.000000645. The number of hydrogen-bond acceptors (Lipinski definition) is 6. The number of rotatable bonds is 2. The van der Waals surface area contributed by atoms with E-state index in [0.717, 1.165) is 60.5 Å². The average molecular weight is 414 g/mol. The number of carboxylic acid groups (broad SMARTS) is 1. The number of aryl methyl sites for hydroxylation is 1. The second-order valence-electron chi connectivity index (χ2n) is 7.29. The van der Waals surface area contributed by atoms with Crippen molar-refractivity contribution in [3.8, 4) is 10.6 Å². The zero-order valence-electron chi connectivity index (χ0n) is 16.2. The smallest absolute Gasteiger partial charge is 0.290 e. The molecule has 6 rings (SSSR count). The quantitative estimate of drug-likeness (QED) is 0.626. The van der Waals surface area contributed by atoms with E-state index in [1.807, 2.05) is 29.3 Å². The van der Waals surface area contributed by atoms with Crippen LogP contribution >= 0.6 is 11.3 Å². The van der Waals surface area contributed by atoms with Crippen LogP contribution in [0.3, 0.4) is 0 Å². The number of piperidine rings is 1. The summed E-state index contributed by atoms with van der Waals surface area (Å²) in [5.41, 5.74) is 2.49. The molecule has 29 heavy (non-hydrogen) atoms. The summed E-state index contributed by atoms with van der Waals surface area (Å²) in [5.74, 6) is 0.0582. The number of nitrogens with zero attached hydrogens (tertiary/aromatic N) is 4. The van der Waals surface area contributed by atoms with Crippen molar-refractivity contribution in [2.75, 3.05) is 26.2 Å². The number of hydrogen-bond donors (Lipinski definition) is 2. The monoisotopic (exact) mass is 413 g/mol. The minimum absolute atomic E-state index is 0.0582. The van der Waals surface area contributed by atoms with E-state index in [1.54, 1.807) is 11.3 Å². The SMILES string of the molecule is Cc1cnc(-c2ccc3c(C(=O)N4CCN5CCC4CC5)n[nH]c3c2)s1.O=CO. The topological polar surface area (TPSA) is 102 Å². The van der Waals surface area contributed by atoms with Crippen molar-refractivity contribution >= 4 is 34.6 Å². The molecule has 2 aromatic heterocycles. The molecule has 0 atom stereocenters. The molecule has 0 saturated carbocycles. The molecule has 1 aromatic carbocycles. The Labute approximate surface area is 172 Å². The van der Waals surface area contributed by atoms with Gasteiger partial charge in [0.2, 0.25) is 0 Å². The molecular formula is C20H23N5O3S. The van der Waals surface area contributed by atoms with Crippen LogP contribution in [-0.4, -0.2) is 74.7 Å². The van der Waals surface area contributed by atoms with Gasteiger partial charge < -0.3 is 14.9 Å². The lowest BCUT2D eigenvalue weighted by Gasteiger charge is -2.31. The van der Waals surface area contributed by atoms with Crippen LogP contribution in [-0.2, 0) is 4.79 Å². The molecule has 8 nitrogen and oxygen atoms in total. The van der Waals surface area contributed by atoms with Crippen molar-refractivity contribution in [1.82, 2.24) is 25.0 Å². The molecule has 152 valence electrons. The highest BCUT2D eigenvalue weighted by Gasteiger charge is 2.33. The predicted molar refractivity (Wildman–Crippen MR) is 111 cm³/mol. The van der Waals surface area contributed by atoms with E-state index >= 15 is 0 Å². The van der Waals surface area contributed by atoms with E-state index < -0.39 is 0 Å². The molecule has 3 fully saturated rings. The van der Waals surface area contributed by atoms with Crippen LogP contribution in [0.4, 0.5) is 0 Å². The number of aromatic amines is 1. The molecule has 3 saturated heterocycles. The Morgan fingerprint density at radius 3 is 2.72 bits per heavy atom. The standard InChI is InChI=1S/C19H21N5OS.CH2O2/c1-12-11-20-18(26-12)13-2-3-15-16(10-13)21-22-17(15)19(25)24-9-8-23-6-4-14(24)5-7-23;2-1-3/h2-3,10-11,14H,4-9H2,1H3,(H,21,22);1H,(H,2,3). The number of carbonyl (C=O) groups excluding carboxylic acids is 1. The molecule has 0 spiro atoms. The minimum atomic E-state index is -0.250. The third-order valence-corrected chi connectivity index (χ3v) is 6.51. The molecule has 0 radical (unpaired) electrons. The van der Waals surface area contributed by atoms with Gasteiger partial charge in [-0.2, -0.15) is 5.10 Å². The molecule has 0 aliphatic carbocycles. The van der Waals surface area contributed by atoms with Crippen molar-refractivity contribution in [2.45, 2.75) is 25.8 Å². The second kappa shape index (κ2) is 8.30. The summed E-state index contributed by atoms with van der Waals surface area (Å²) < 4.78 is 0. The summed E-state index contributed by atoms with van der Waals surface area (Å²) >= 11 is 1.67. The number of H-pyrrole nitrogens is 1. The van der Waals surface area contributed by atoms with Gasteiger partial charge in [0.25, 0.3) is 12.4 Å². The summed E-state index contributed by atoms with van der Waals surface area (Å²) in [5, 5.41) is 16.2. The number of nitrogens with one attached hydrogen (secondary N) is 1. The van der Waals surface area contributed by atoms with Gasteiger partial charge in [-0.3, -0.25) is 14.7 Å². The van der Waals surface area contributed by atoms with Crippen molar-refractivity contribution in [2.24, 2.45) is 0 Å². The highest BCUT2D eigenvalue weighted by atomic mass is 32.1. The maximum Gasteiger partial charge on any atom is 0.290 e. The molecule has 1 amide bonds. The van der Waals surface area contributed by atoms with E-state index in [9.17, 15) is 4.79 Å². The molecule has 9 heteroatoms. The second-order valence-corrected chi connectivity index (χ2v) is 8.52. The van der Waals surface area contributed by atoms with E-state index in [2.05, 4.69) is 27.0 Å². The molecule has 3 aliphatic rings. The Morgan fingerprint density at radius 1 is 1.28 bits per heavy atom. The lowest BCUT2D eigenvalue weighted by atomic mass is 10.0. The van der Waals surface area contributed by atoms with Crippen LogP contribution in [0.5, 0.6) is 0 Å². The van der Waals surface area contributed by atoms with Crippen molar-refractivity contribution < 1.29 is 14.7 Å². The van der Waals surface area contributed by atoms with Crippen molar-refractivity contribution in [3.63, 3.8) is 0 Å². The van der Waals surface area contributed by atoms with Crippen LogP contribution in [0, 0.1) is 6.92 Å². The Morgan fingerprint density at radius 2 is 2.03 bits per heavy atom.